The third-order valence-electron chi connectivity index (χ3n) is 1.13. The van der Waals surface area contributed by atoms with Crippen LogP contribution >= 0.6 is 0 Å². The third kappa shape index (κ3) is 0.224. The van der Waals surface area contributed by atoms with Crippen molar-refractivity contribution in [3.8, 4) is 0 Å². The lowest BCUT2D eigenvalue weighted by atomic mass is 10.3. The lowest BCUT2D eigenvalue weighted by Gasteiger charge is -1.78. The Morgan fingerprint density at radius 2 is 2.00 bits per heavy atom. The van der Waals surface area contributed by atoms with Gasteiger partial charge in [0, 0.05) is 12.1 Å². The highest BCUT2D eigenvalue weighted by atomic mass is 14.9. The van der Waals surface area contributed by atoms with Crippen LogP contribution in [-0.2, 0) is 0 Å². The van der Waals surface area contributed by atoms with Gasteiger partial charge >= 0.3 is 0 Å². The molecule has 0 aromatic heterocycles. The molecule has 0 saturated heterocycles. The van der Waals surface area contributed by atoms with Gasteiger partial charge in [0.15, 0.2) is 0 Å². The molecule has 0 fully saturated rings. The number of nitrogens with zero attached hydrogens (tertiary/aromatic N) is 1. The second kappa shape index (κ2) is 0.579. The summed E-state index contributed by atoms with van der Waals surface area (Å²) in [5.74, 6) is 0.741. The van der Waals surface area contributed by atoms with E-state index in [1.54, 1.807) is 0 Å². The maximum Gasteiger partial charge on any atom is 0.0940 e. The van der Waals surface area contributed by atoms with Crippen LogP contribution in [-0.4, -0.2) is 12.3 Å². The van der Waals surface area contributed by atoms with Crippen molar-refractivity contribution >= 4 is 6.21 Å². The number of aliphatic imine (C=N–C) groups is 1. The first-order valence-electron chi connectivity index (χ1n) is 2.18. The summed E-state index contributed by atoms with van der Waals surface area (Å²) in [6.45, 7) is 0. The molecule has 1 heteroatoms. The Bertz CT molecular complexity index is 95.9. The predicted octanol–water partition coefficient (Wildman–Crippen LogP) is 0.625. The van der Waals surface area contributed by atoms with Gasteiger partial charge in [-0.15, -0.1) is 0 Å². The second-order valence-electron chi connectivity index (χ2n) is 1.75. The van der Waals surface area contributed by atoms with Crippen LogP contribution in [0.2, 0.25) is 0 Å². The van der Waals surface area contributed by atoms with Gasteiger partial charge in [0.2, 0.25) is 0 Å². The van der Waals surface area contributed by atoms with Crippen LogP contribution in [0.4, 0.5) is 0 Å². The van der Waals surface area contributed by atoms with E-state index < -0.39 is 0 Å². The summed E-state index contributed by atoms with van der Waals surface area (Å²) in [7, 11) is 0. The van der Waals surface area contributed by atoms with E-state index in [-0.39, 0.29) is 0 Å². The van der Waals surface area contributed by atoms with Crippen LogP contribution in [0.15, 0.2) is 17.1 Å². The van der Waals surface area contributed by atoms with Crippen molar-refractivity contribution < 1.29 is 0 Å². The van der Waals surface area contributed by atoms with E-state index in [0.29, 0.717) is 6.04 Å². The Morgan fingerprint density at radius 3 is 2.17 bits per heavy atom. The van der Waals surface area contributed by atoms with Crippen molar-refractivity contribution in [3.05, 3.63) is 12.2 Å². The summed E-state index contributed by atoms with van der Waals surface area (Å²) in [5.41, 5.74) is 0. The summed E-state index contributed by atoms with van der Waals surface area (Å²) in [6, 6.07) is 0.602. The average molecular weight is 79.1 g/mol. The standard InChI is InChI=1S/C5H5N/c1-2-4(1)5-3-6-5/h1-5H. The zero-order valence-corrected chi connectivity index (χ0v) is 3.33. The van der Waals surface area contributed by atoms with E-state index >= 15 is 0 Å². The average Bonchev–Trinajstić information content (AvgIpc) is 2.26. The van der Waals surface area contributed by atoms with Crippen LogP contribution in [0.5, 0.6) is 0 Å². The molecular weight excluding hydrogens is 74.1 g/mol. The van der Waals surface area contributed by atoms with Gasteiger partial charge < -0.3 is 0 Å². The molecule has 0 saturated carbocycles. The van der Waals surface area contributed by atoms with E-state index in [2.05, 4.69) is 17.1 Å². The van der Waals surface area contributed by atoms with E-state index in [9.17, 15) is 0 Å². The fourth-order valence-electron chi connectivity index (χ4n) is 0.540. The van der Waals surface area contributed by atoms with Gasteiger partial charge in [0.05, 0.1) is 6.04 Å². The Kier molecular flexibility index (Phi) is 0.247. The molecule has 0 amide bonds. The SMILES string of the molecule is C1=CC1C1C=N1. The van der Waals surface area contributed by atoms with Crippen molar-refractivity contribution in [1.29, 1.82) is 0 Å². The van der Waals surface area contributed by atoms with Gasteiger partial charge in [-0.1, -0.05) is 12.2 Å². The monoisotopic (exact) mass is 79.0 g/mol. The van der Waals surface area contributed by atoms with Crippen molar-refractivity contribution in [2.45, 2.75) is 6.04 Å². The van der Waals surface area contributed by atoms with E-state index in [1.807, 2.05) is 6.21 Å². The van der Waals surface area contributed by atoms with E-state index in [0.717, 1.165) is 5.92 Å². The highest BCUT2D eigenvalue weighted by molar-refractivity contribution is 5.80. The number of hydrogen-bond donors (Lipinski definition) is 0. The molecule has 1 aliphatic carbocycles. The van der Waals surface area contributed by atoms with Crippen LogP contribution in [0.1, 0.15) is 0 Å². The summed E-state index contributed by atoms with van der Waals surface area (Å²) in [4.78, 5) is 3.98. The zero-order valence-electron chi connectivity index (χ0n) is 3.33. The van der Waals surface area contributed by atoms with Gasteiger partial charge in [-0.3, -0.25) is 4.99 Å². The molecule has 30 valence electrons. The van der Waals surface area contributed by atoms with Crippen molar-refractivity contribution in [2.75, 3.05) is 0 Å². The Balaban J connectivity index is 1.97. The normalized spacial score (nSPS) is 37.7. The summed E-state index contributed by atoms with van der Waals surface area (Å²) in [5, 5.41) is 0. The Morgan fingerprint density at radius 1 is 1.33 bits per heavy atom. The molecule has 1 unspecified atom stereocenters. The minimum Gasteiger partial charge on any atom is -0.285 e. The fraction of sp³-hybridized carbons (Fsp3) is 0.400. The predicted molar refractivity (Wildman–Crippen MR) is 24.9 cm³/mol. The summed E-state index contributed by atoms with van der Waals surface area (Å²) < 4.78 is 0. The van der Waals surface area contributed by atoms with Gasteiger partial charge in [0.1, 0.15) is 0 Å². The Hall–Kier alpha value is -0.590. The van der Waals surface area contributed by atoms with Gasteiger partial charge in [-0.05, 0) is 0 Å². The minimum absolute atomic E-state index is 0.602. The largest absolute Gasteiger partial charge is 0.285 e. The quantitative estimate of drug-likeness (QED) is 0.409. The highest BCUT2D eigenvalue weighted by Crippen LogP contribution is 2.26. The minimum atomic E-state index is 0.602. The smallest absolute Gasteiger partial charge is 0.0940 e. The lowest BCUT2D eigenvalue weighted by molar-refractivity contribution is 0.910. The van der Waals surface area contributed by atoms with E-state index in [1.165, 1.54) is 0 Å². The lowest BCUT2D eigenvalue weighted by Crippen LogP contribution is -1.88. The molecule has 2 aliphatic rings. The first-order chi connectivity index (χ1) is 2.97. The van der Waals surface area contributed by atoms with Gasteiger partial charge in [-0.2, -0.15) is 0 Å². The molecule has 0 aromatic carbocycles. The van der Waals surface area contributed by atoms with Gasteiger partial charge in [-0.25, -0.2) is 0 Å². The van der Waals surface area contributed by atoms with Crippen molar-refractivity contribution in [1.82, 2.24) is 0 Å². The van der Waals surface area contributed by atoms with Crippen molar-refractivity contribution in [3.63, 3.8) is 0 Å². The molecule has 0 bridgehead atoms. The molecule has 2 rings (SSSR count). The molecule has 1 aliphatic heterocycles. The fourth-order valence-corrected chi connectivity index (χ4v) is 0.540. The van der Waals surface area contributed by atoms with Crippen LogP contribution < -0.4 is 0 Å². The molecule has 1 nitrogen and oxygen atoms in total. The molecule has 0 spiro atoms. The molecule has 1 heterocycles. The number of hydrogen-bond acceptors (Lipinski definition) is 1. The maximum absolute atomic E-state index is 3.98. The van der Waals surface area contributed by atoms with Crippen molar-refractivity contribution in [2.24, 2.45) is 10.9 Å². The summed E-state index contributed by atoms with van der Waals surface area (Å²) in [6.07, 6.45) is 6.35. The van der Waals surface area contributed by atoms with Crippen LogP contribution in [0.3, 0.4) is 0 Å². The number of rotatable bonds is 1. The first kappa shape index (κ1) is 2.56. The second-order valence-corrected chi connectivity index (χ2v) is 1.75. The molecule has 0 aromatic rings. The van der Waals surface area contributed by atoms with Crippen LogP contribution in [0.25, 0.3) is 0 Å². The molecule has 0 radical (unpaired) electrons. The molecule has 0 N–H and O–H groups in total. The maximum atomic E-state index is 3.98. The topological polar surface area (TPSA) is 12.4 Å². The highest BCUT2D eigenvalue weighted by Gasteiger charge is 2.27. The zero-order chi connectivity index (χ0) is 3.98. The van der Waals surface area contributed by atoms with Gasteiger partial charge in [0.25, 0.3) is 0 Å². The molecule has 6 heavy (non-hydrogen) atoms. The third-order valence-corrected chi connectivity index (χ3v) is 1.13. The Labute approximate surface area is 36.4 Å². The van der Waals surface area contributed by atoms with Crippen LogP contribution in [0, 0.1) is 5.92 Å². The first-order valence-corrected chi connectivity index (χ1v) is 2.18. The summed E-state index contributed by atoms with van der Waals surface area (Å²) >= 11 is 0. The van der Waals surface area contributed by atoms with E-state index in [4.69, 9.17) is 0 Å². The molecule has 1 atom stereocenters. The molecular formula is C5H5N.